The van der Waals surface area contributed by atoms with Gasteiger partial charge < -0.3 is 14.3 Å². The van der Waals surface area contributed by atoms with Crippen LogP contribution in [0, 0.1) is 11.8 Å². The number of carbonyl (C=O) groups excluding carboxylic acids is 2. The Kier molecular flexibility index (Phi) is 7.67. The maximum absolute atomic E-state index is 12.7. The van der Waals surface area contributed by atoms with Gasteiger partial charge in [-0.2, -0.15) is 4.98 Å². The van der Waals surface area contributed by atoms with E-state index in [-0.39, 0.29) is 17.9 Å². The van der Waals surface area contributed by atoms with Gasteiger partial charge in [0.2, 0.25) is 17.7 Å². The molecule has 1 aromatic rings. The van der Waals surface area contributed by atoms with Gasteiger partial charge in [-0.05, 0) is 31.1 Å². The predicted molar refractivity (Wildman–Crippen MR) is 110 cm³/mol. The van der Waals surface area contributed by atoms with E-state index in [1.165, 1.54) is 32.1 Å². The quantitative estimate of drug-likeness (QED) is 0.665. The number of nitrogens with zero attached hydrogens (tertiary/aromatic N) is 4. The van der Waals surface area contributed by atoms with Crippen LogP contribution in [0.15, 0.2) is 4.52 Å². The standard InChI is InChI=1S/C22H36N4O3/c1-16(2)13-21-23-20(24-29-21)10-12-26(17(3)27)19-9-11-25(15-19)22(28)14-18-7-5-4-6-8-18/h16,18-19H,4-15H2,1-3H3. The van der Waals surface area contributed by atoms with Crippen molar-refractivity contribution in [3.63, 3.8) is 0 Å². The lowest BCUT2D eigenvalue weighted by atomic mass is 9.87. The Morgan fingerprint density at radius 1 is 1.21 bits per heavy atom. The molecule has 7 heteroatoms. The number of hydrogen-bond acceptors (Lipinski definition) is 5. The third kappa shape index (κ3) is 6.28. The van der Waals surface area contributed by atoms with Crippen molar-refractivity contribution >= 4 is 11.8 Å². The van der Waals surface area contributed by atoms with Gasteiger partial charge in [0.05, 0.1) is 6.04 Å². The molecule has 1 atom stereocenters. The van der Waals surface area contributed by atoms with Gasteiger partial charge in [0, 0.05) is 45.8 Å². The van der Waals surface area contributed by atoms with E-state index in [2.05, 4.69) is 24.0 Å². The molecular weight excluding hydrogens is 368 g/mol. The summed E-state index contributed by atoms with van der Waals surface area (Å²) in [5, 5.41) is 4.05. The molecule has 3 rings (SSSR count). The first-order valence-electron chi connectivity index (χ1n) is 11.3. The smallest absolute Gasteiger partial charge is 0.226 e. The topological polar surface area (TPSA) is 79.5 Å². The van der Waals surface area contributed by atoms with Gasteiger partial charge in [0.25, 0.3) is 0 Å². The number of aromatic nitrogens is 2. The van der Waals surface area contributed by atoms with E-state index in [4.69, 9.17) is 4.52 Å². The van der Waals surface area contributed by atoms with Crippen LogP contribution in [0.2, 0.25) is 0 Å². The van der Waals surface area contributed by atoms with Crippen molar-refractivity contribution in [2.45, 2.75) is 84.6 Å². The molecule has 0 spiro atoms. The zero-order valence-corrected chi connectivity index (χ0v) is 18.2. The second-order valence-corrected chi connectivity index (χ2v) is 9.16. The monoisotopic (exact) mass is 404 g/mol. The third-order valence-corrected chi connectivity index (χ3v) is 6.22. The normalized spacial score (nSPS) is 20.4. The van der Waals surface area contributed by atoms with Crippen molar-refractivity contribution in [2.24, 2.45) is 11.8 Å². The lowest BCUT2D eigenvalue weighted by molar-refractivity contribution is -0.134. The van der Waals surface area contributed by atoms with Crippen LogP contribution < -0.4 is 0 Å². The molecule has 2 heterocycles. The first-order valence-corrected chi connectivity index (χ1v) is 11.3. The van der Waals surface area contributed by atoms with Crippen LogP contribution in [-0.4, -0.2) is 57.4 Å². The van der Waals surface area contributed by atoms with Gasteiger partial charge in [0.1, 0.15) is 0 Å². The molecule has 2 amide bonds. The summed E-state index contributed by atoms with van der Waals surface area (Å²) in [5.41, 5.74) is 0. The Morgan fingerprint density at radius 3 is 2.66 bits per heavy atom. The minimum Gasteiger partial charge on any atom is -0.341 e. The van der Waals surface area contributed by atoms with Gasteiger partial charge >= 0.3 is 0 Å². The number of hydrogen-bond donors (Lipinski definition) is 0. The molecule has 1 saturated heterocycles. The molecule has 7 nitrogen and oxygen atoms in total. The molecule has 0 N–H and O–H groups in total. The van der Waals surface area contributed by atoms with Gasteiger partial charge in [-0.3, -0.25) is 9.59 Å². The summed E-state index contributed by atoms with van der Waals surface area (Å²) in [4.78, 5) is 33.2. The van der Waals surface area contributed by atoms with Crippen molar-refractivity contribution in [2.75, 3.05) is 19.6 Å². The fourth-order valence-electron chi connectivity index (χ4n) is 4.63. The molecule has 1 aliphatic heterocycles. The summed E-state index contributed by atoms with van der Waals surface area (Å²) in [6.45, 7) is 7.79. The molecule has 1 aromatic heterocycles. The van der Waals surface area contributed by atoms with Crippen molar-refractivity contribution < 1.29 is 14.1 Å². The lowest BCUT2D eigenvalue weighted by Crippen LogP contribution is -2.43. The SMILES string of the molecule is CC(=O)N(CCc1noc(CC(C)C)n1)C1CCN(C(=O)CC2CCCCC2)C1. The highest BCUT2D eigenvalue weighted by molar-refractivity contribution is 5.77. The van der Waals surface area contributed by atoms with Crippen LogP contribution in [0.1, 0.15) is 77.4 Å². The first-order chi connectivity index (χ1) is 13.9. The first kappa shape index (κ1) is 21.8. The second kappa shape index (κ2) is 10.2. The van der Waals surface area contributed by atoms with Gasteiger partial charge in [-0.25, -0.2) is 0 Å². The highest BCUT2D eigenvalue weighted by atomic mass is 16.5. The molecule has 162 valence electrons. The summed E-state index contributed by atoms with van der Waals surface area (Å²) in [6, 6.07) is 0.0878. The minimum absolute atomic E-state index is 0.0440. The van der Waals surface area contributed by atoms with Gasteiger partial charge in [-0.1, -0.05) is 38.3 Å². The van der Waals surface area contributed by atoms with Crippen LogP contribution in [-0.2, 0) is 22.4 Å². The maximum atomic E-state index is 12.7. The van der Waals surface area contributed by atoms with E-state index >= 15 is 0 Å². The Hall–Kier alpha value is -1.92. The van der Waals surface area contributed by atoms with Crippen molar-refractivity contribution in [1.29, 1.82) is 0 Å². The minimum atomic E-state index is 0.0440. The Balaban J connectivity index is 1.49. The molecular formula is C22H36N4O3. The highest BCUT2D eigenvalue weighted by Crippen LogP contribution is 2.28. The summed E-state index contributed by atoms with van der Waals surface area (Å²) >= 11 is 0. The summed E-state index contributed by atoms with van der Waals surface area (Å²) in [7, 11) is 0. The Morgan fingerprint density at radius 2 is 1.97 bits per heavy atom. The van der Waals surface area contributed by atoms with Crippen molar-refractivity contribution in [3.05, 3.63) is 11.7 Å². The van der Waals surface area contributed by atoms with E-state index in [1.807, 2.05) is 9.80 Å². The van der Waals surface area contributed by atoms with Crippen LogP contribution in [0.5, 0.6) is 0 Å². The summed E-state index contributed by atoms with van der Waals surface area (Å²) in [5.74, 6) is 2.63. The molecule has 2 aliphatic rings. The van der Waals surface area contributed by atoms with Crippen molar-refractivity contribution in [3.8, 4) is 0 Å². The molecule has 2 fully saturated rings. The van der Waals surface area contributed by atoms with Gasteiger partial charge in [0.15, 0.2) is 5.82 Å². The number of rotatable bonds is 8. The van der Waals surface area contributed by atoms with E-state index in [9.17, 15) is 9.59 Å². The lowest BCUT2D eigenvalue weighted by Gasteiger charge is -2.28. The van der Waals surface area contributed by atoms with E-state index in [1.54, 1.807) is 6.92 Å². The number of carbonyl (C=O) groups is 2. The highest BCUT2D eigenvalue weighted by Gasteiger charge is 2.32. The van der Waals surface area contributed by atoms with E-state index < -0.39 is 0 Å². The average Bonchev–Trinajstić information content (AvgIpc) is 3.32. The Labute approximate surface area is 174 Å². The third-order valence-electron chi connectivity index (χ3n) is 6.22. The van der Waals surface area contributed by atoms with Crippen LogP contribution >= 0.6 is 0 Å². The zero-order valence-electron chi connectivity index (χ0n) is 18.2. The molecule has 1 unspecified atom stereocenters. The summed E-state index contributed by atoms with van der Waals surface area (Å²) < 4.78 is 5.30. The molecule has 0 radical (unpaired) electrons. The fourth-order valence-corrected chi connectivity index (χ4v) is 4.63. The van der Waals surface area contributed by atoms with E-state index in [0.29, 0.717) is 49.5 Å². The fraction of sp³-hybridized carbons (Fsp3) is 0.818. The molecule has 1 saturated carbocycles. The second-order valence-electron chi connectivity index (χ2n) is 9.16. The molecule has 29 heavy (non-hydrogen) atoms. The maximum Gasteiger partial charge on any atom is 0.226 e. The predicted octanol–water partition coefficient (Wildman–Crippen LogP) is 3.23. The summed E-state index contributed by atoms with van der Waals surface area (Å²) in [6.07, 6.45) is 9.07. The molecule has 1 aliphatic carbocycles. The Bertz CT molecular complexity index is 681. The largest absolute Gasteiger partial charge is 0.341 e. The molecule has 0 aromatic carbocycles. The van der Waals surface area contributed by atoms with Crippen molar-refractivity contribution in [1.82, 2.24) is 19.9 Å². The molecule has 0 bridgehead atoms. The number of likely N-dealkylation sites (tertiary alicyclic amines) is 1. The van der Waals surface area contributed by atoms with Crippen LogP contribution in [0.4, 0.5) is 0 Å². The average molecular weight is 405 g/mol. The van der Waals surface area contributed by atoms with E-state index in [0.717, 1.165) is 19.4 Å². The van der Waals surface area contributed by atoms with Gasteiger partial charge in [-0.15, -0.1) is 0 Å². The van der Waals surface area contributed by atoms with Crippen LogP contribution in [0.25, 0.3) is 0 Å². The number of amides is 2. The van der Waals surface area contributed by atoms with Crippen LogP contribution in [0.3, 0.4) is 0 Å². The zero-order chi connectivity index (χ0) is 20.8.